The molecule has 2 rings (SSSR count). The lowest BCUT2D eigenvalue weighted by Crippen LogP contribution is -2.56. The van der Waals surface area contributed by atoms with Crippen molar-refractivity contribution in [2.45, 2.75) is 82.8 Å². The van der Waals surface area contributed by atoms with E-state index in [4.69, 9.17) is 0 Å². The molecule has 4 atom stereocenters. The molecule has 10 N–H and O–H groups in total. The van der Waals surface area contributed by atoms with E-state index in [2.05, 4.69) is 21.3 Å². The fraction of sp³-hybridized carbons (Fsp3) is 0.641. The SMILES string of the molecule is CC(=O)NCCCC[C@@H](NC(=O)[C@@H](Cc1ccccc1)NC(=O)[C@@H](C)NC(=O)CC[C@@H](C(=O)O)N1CCN(CC(=O)O)CCN(CC(=O)O)CCN(CC(=O)O)CC1)C(O)O. The normalized spacial score (nSPS) is 17.1. The summed E-state index contributed by atoms with van der Waals surface area (Å²) in [6, 6.07) is 3.93. The molecule has 1 aliphatic heterocycles. The van der Waals surface area contributed by atoms with Crippen molar-refractivity contribution in [1.82, 2.24) is 40.9 Å². The summed E-state index contributed by atoms with van der Waals surface area (Å²) in [5.74, 6) is -7.05. The summed E-state index contributed by atoms with van der Waals surface area (Å²) in [7, 11) is 0. The number of aliphatic hydroxyl groups excluding tert-OH is 1. The van der Waals surface area contributed by atoms with Crippen molar-refractivity contribution in [3.63, 3.8) is 0 Å². The first kappa shape index (κ1) is 51.9. The van der Waals surface area contributed by atoms with Crippen LogP contribution in [0.2, 0.25) is 0 Å². The summed E-state index contributed by atoms with van der Waals surface area (Å²) < 4.78 is 0. The lowest BCUT2D eigenvalue weighted by molar-refractivity contribution is -0.145. The van der Waals surface area contributed by atoms with Crippen LogP contribution in [0.15, 0.2) is 30.3 Å². The Kier molecular flexibility index (Phi) is 23.4. The lowest BCUT2D eigenvalue weighted by Gasteiger charge is -2.35. The number of aliphatic carboxylic acids is 4. The van der Waals surface area contributed by atoms with Crippen molar-refractivity contribution in [3.05, 3.63) is 35.9 Å². The molecule has 4 amide bonds. The highest BCUT2D eigenvalue weighted by molar-refractivity contribution is 5.92. The summed E-state index contributed by atoms with van der Waals surface area (Å²) in [5, 5.41) is 69.0. The van der Waals surface area contributed by atoms with Crippen LogP contribution in [0.25, 0.3) is 0 Å². The molecule has 0 spiro atoms. The summed E-state index contributed by atoms with van der Waals surface area (Å²) >= 11 is 0. The van der Waals surface area contributed by atoms with E-state index in [-0.39, 0.29) is 90.5 Å². The molecule has 0 aliphatic carbocycles. The quantitative estimate of drug-likeness (QED) is 0.0366. The predicted octanol–water partition coefficient (Wildman–Crippen LogP) is -2.97. The molecule has 1 saturated heterocycles. The Morgan fingerprint density at radius 1 is 0.656 bits per heavy atom. The Morgan fingerprint density at radius 2 is 1.16 bits per heavy atom. The molecular weight excluding hydrogens is 804 g/mol. The minimum absolute atomic E-state index is 0.0142. The van der Waals surface area contributed by atoms with Gasteiger partial charge in [-0.15, -0.1) is 0 Å². The molecule has 1 heterocycles. The number of nitrogens with one attached hydrogen (secondary N) is 4. The molecule has 1 aromatic rings. The molecule has 0 bridgehead atoms. The zero-order valence-corrected chi connectivity index (χ0v) is 34.7. The van der Waals surface area contributed by atoms with Gasteiger partial charge in [0.15, 0.2) is 6.29 Å². The van der Waals surface area contributed by atoms with Crippen molar-refractivity contribution in [2.75, 3.05) is 78.5 Å². The first-order chi connectivity index (χ1) is 28.8. The number of carboxylic acid groups (broad SMARTS) is 4. The Morgan fingerprint density at radius 3 is 1.62 bits per heavy atom. The molecule has 1 aromatic carbocycles. The molecule has 1 aliphatic rings. The number of aliphatic hydroxyl groups is 2. The van der Waals surface area contributed by atoms with Crippen molar-refractivity contribution in [3.8, 4) is 0 Å². The number of carbonyl (C=O) groups is 8. The predicted molar refractivity (Wildman–Crippen MR) is 217 cm³/mol. The largest absolute Gasteiger partial charge is 0.480 e. The van der Waals surface area contributed by atoms with E-state index < -0.39 is 85.1 Å². The van der Waals surface area contributed by atoms with Crippen LogP contribution < -0.4 is 21.3 Å². The van der Waals surface area contributed by atoms with Crippen LogP contribution in [0.1, 0.15) is 51.5 Å². The van der Waals surface area contributed by atoms with E-state index in [0.29, 0.717) is 24.9 Å². The molecule has 342 valence electrons. The van der Waals surface area contributed by atoms with Gasteiger partial charge in [0.25, 0.3) is 0 Å². The van der Waals surface area contributed by atoms with Gasteiger partial charge < -0.3 is 51.9 Å². The standard InChI is InChI=1S/C39H62N8O14/c1-26(36(56)43-30(22-28-8-4-3-5-9-28)37(57)42-29(38(58)59)10-6-7-13-40-27(2)48)41-32(49)12-11-31(39(60)61)47-20-18-45(24-34(52)53)16-14-44(23-33(50)51)15-17-46(19-21-47)25-35(54)55/h3-5,8-9,26,29-31,38,58-59H,6-7,10-25H2,1-2H3,(H,40,48)(H,41,49)(H,42,57)(H,43,56)(H,50,51)(H,52,53)(H,54,55)(H,60,61)/t26-,29-,30-,31+/m1/s1. The fourth-order valence-corrected chi connectivity index (χ4v) is 6.71. The molecule has 0 radical (unpaired) electrons. The molecule has 61 heavy (non-hydrogen) atoms. The maximum atomic E-state index is 13.5. The average Bonchev–Trinajstić information content (AvgIpc) is 3.17. The maximum absolute atomic E-state index is 13.5. The first-order valence-corrected chi connectivity index (χ1v) is 20.2. The summed E-state index contributed by atoms with van der Waals surface area (Å²) in [4.78, 5) is 105. The first-order valence-electron chi connectivity index (χ1n) is 20.2. The fourth-order valence-electron chi connectivity index (χ4n) is 6.71. The van der Waals surface area contributed by atoms with Gasteiger partial charge in [-0.1, -0.05) is 30.3 Å². The molecule has 22 heteroatoms. The highest BCUT2D eigenvalue weighted by Crippen LogP contribution is 2.12. The van der Waals surface area contributed by atoms with Crippen molar-refractivity contribution in [2.24, 2.45) is 0 Å². The van der Waals surface area contributed by atoms with Crippen molar-refractivity contribution in [1.29, 1.82) is 0 Å². The van der Waals surface area contributed by atoms with Gasteiger partial charge in [0, 0.05) is 78.7 Å². The summed E-state index contributed by atoms with van der Waals surface area (Å²) in [6.07, 6.45) is -1.41. The van der Waals surface area contributed by atoms with Crippen LogP contribution in [-0.2, 0) is 44.8 Å². The van der Waals surface area contributed by atoms with Crippen LogP contribution in [0.3, 0.4) is 0 Å². The van der Waals surface area contributed by atoms with E-state index in [1.807, 2.05) is 0 Å². The number of hydrogen-bond acceptors (Lipinski definition) is 14. The number of benzene rings is 1. The van der Waals surface area contributed by atoms with E-state index in [9.17, 15) is 69.0 Å². The number of carbonyl (C=O) groups excluding carboxylic acids is 4. The third kappa shape index (κ3) is 21.7. The van der Waals surface area contributed by atoms with Gasteiger partial charge in [0.2, 0.25) is 23.6 Å². The molecule has 1 fully saturated rings. The minimum atomic E-state index is -1.92. The van der Waals surface area contributed by atoms with Crippen molar-refractivity contribution >= 4 is 47.5 Å². The topological polar surface area (TPSA) is 319 Å². The second-order valence-corrected chi connectivity index (χ2v) is 15.0. The van der Waals surface area contributed by atoms with Gasteiger partial charge in [0.05, 0.1) is 25.7 Å². The number of carboxylic acids is 4. The molecular formula is C39H62N8O14. The third-order valence-electron chi connectivity index (χ3n) is 10.0. The zero-order valence-electron chi connectivity index (χ0n) is 34.7. The van der Waals surface area contributed by atoms with Gasteiger partial charge in [-0.3, -0.25) is 58.0 Å². The average molecular weight is 867 g/mol. The Labute approximate surface area is 354 Å². The van der Waals surface area contributed by atoms with Crippen LogP contribution in [0, 0.1) is 0 Å². The molecule has 22 nitrogen and oxygen atoms in total. The second kappa shape index (κ2) is 27.6. The van der Waals surface area contributed by atoms with Crippen LogP contribution in [-0.4, -0.2) is 207 Å². The number of nitrogens with zero attached hydrogens (tertiary/aromatic N) is 4. The number of amides is 4. The van der Waals surface area contributed by atoms with Crippen LogP contribution in [0.5, 0.6) is 0 Å². The Balaban J connectivity index is 2.16. The zero-order chi connectivity index (χ0) is 45.5. The van der Waals surface area contributed by atoms with E-state index >= 15 is 0 Å². The van der Waals surface area contributed by atoms with Crippen LogP contribution in [0.4, 0.5) is 0 Å². The van der Waals surface area contributed by atoms with Gasteiger partial charge in [-0.25, -0.2) is 0 Å². The van der Waals surface area contributed by atoms with Gasteiger partial charge in [-0.2, -0.15) is 0 Å². The number of rotatable bonds is 24. The van der Waals surface area contributed by atoms with Gasteiger partial charge in [-0.05, 0) is 38.2 Å². The second-order valence-electron chi connectivity index (χ2n) is 15.0. The summed E-state index contributed by atoms with van der Waals surface area (Å²) in [6.45, 7) is 2.67. The highest BCUT2D eigenvalue weighted by Gasteiger charge is 2.31. The van der Waals surface area contributed by atoms with E-state index in [0.717, 1.165) is 0 Å². The lowest BCUT2D eigenvalue weighted by atomic mass is 10.0. The van der Waals surface area contributed by atoms with E-state index in [1.54, 1.807) is 45.0 Å². The molecule has 0 aromatic heterocycles. The van der Waals surface area contributed by atoms with Gasteiger partial charge >= 0.3 is 23.9 Å². The third-order valence-corrected chi connectivity index (χ3v) is 10.0. The maximum Gasteiger partial charge on any atom is 0.320 e. The highest BCUT2D eigenvalue weighted by atomic mass is 16.5. The molecule has 0 unspecified atom stereocenters. The van der Waals surface area contributed by atoms with E-state index in [1.165, 1.54) is 18.7 Å². The minimum Gasteiger partial charge on any atom is -0.480 e. The Hall–Kier alpha value is -5.26. The van der Waals surface area contributed by atoms with Crippen molar-refractivity contribution < 1.29 is 69.0 Å². The number of unbranched alkanes of at least 4 members (excludes halogenated alkanes) is 1. The smallest absolute Gasteiger partial charge is 0.320 e. The monoisotopic (exact) mass is 866 g/mol. The number of hydrogen-bond donors (Lipinski definition) is 10. The Bertz CT molecular complexity index is 1570. The summed E-state index contributed by atoms with van der Waals surface area (Å²) in [5.41, 5.74) is 0.676. The molecule has 0 saturated carbocycles. The van der Waals surface area contributed by atoms with Gasteiger partial charge in [0.1, 0.15) is 18.1 Å². The van der Waals surface area contributed by atoms with Crippen LogP contribution >= 0.6 is 0 Å².